The molecule has 1 aromatic heterocycles. The Balaban J connectivity index is 1.81. The highest BCUT2D eigenvalue weighted by atomic mass is 35.5. The van der Waals surface area contributed by atoms with Gasteiger partial charge in [-0.25, -0.2) is 18.4 Å². The van der Waals surface area contributed by atoms with Gasteiger partial charge in [0.25, 0.3) is 11.5 Å². The van der Waals surface area contributed by atoms with Crippen LogP contribution in [0.1, 0.15) is 29.8 Å². The van der Waals surface area contributed by atoms with E-state index >= 15 is 0 Å². The minimum Gasteiger partial charge on any atom is -0.494 e. The Kier molecular flexibility index (Phi) is 7.96. The fraction of sp³-hybridized carbons (Fsp3) is 0.148. The predicted molar refractivity (Wildman–Crippen MR) is 148 cm³/mol. The number of aromatic nitrogens is 1. The number of benzene rings is 3. The molecule has 0 aliphatic carbocycles. The van der Waals surface area contributed by atoms with Gasteiger partial charge in [-0.15, -0.1) is 0 Å². The number of nitrogens with one attached hydrogen (secondary N) is 1. The number of aromatic hydroxyl groups is 1. The minimum absolute atomic E-state index is 0.0106. The van der Waals surface area contributed by atoms with E-state index in [9.17, 15) is 23.1 Å². The second-order valence-electron chi connectivity index (χ2n) is 8.22. The van der Waals surface area contributed by atoms with Crippen molar-refractivity contribution < 1.29 is 18.3 Å². The second-order valence-corrected chi connectivity index (χ2v) is 10.6. The van der Waals surface area contributed by atoms with Gasteiger partial charge >= 0.3 is 0 Å². The van der Waals surface area contributed by atoms with E-state index in [-0.39, 0.29) is 34.6 Å². The maximum Gasteiger partial charge on any atom is 0.271 e. The minimum atomic E-state index is -3.81. The van der Waals surface area contributed by atoms with E-state index in [1.165, 1.54) is 34.8 Å². The van der Waals surface area contributed by atoms with Crippen molar-refractivity contribution in [2.75, 3.05) is 13.1 Å². The number of pyridine rings is 1. The van der Waals surface area contributed by atoms with Gasteiger partial charge in [-0.3, -0.25) is 9.59 Å². The van der Waals surface area contributed by atoms with Crippen molar-refractivity contribution in [3.8, 4) is 11.6 Å². The number of hydrazone groups is 1. The van der Waals surface area contributed by atoms with E-state index < -0.39 is 27.4 Å². The van der Waals surface area contributed by atoms with Crippen LogP contribution in [0, 0.1) is 0 Å². The van der Waals surface area contributed by atoms with E-state index in [0.717, 1.165) is 4.57 Å². The molecule has 11 heteroatoms. The number of hydrogen-bond acceptors (Lipinski definition) is 6. The highest BCUT2D eigenvalue weighted by Gasteiger charge is 2.23. The lowest BCUT2D eigenvalue weighted by Gasteiger charge is -2.19. The average molecular weight is 553 g/mol. The van der Waals surface area contributed by atoms with E-state index in [1.54, 1.807) is 62.4 Å². The summed E-state index contributed by atoms with van der Waals surface area (Å²) >= 11 is 5.86. The van der Waals surface area contributed by atoms with Crippen LogP contribution < -0.4 is 11.0 Å². The molecule has 0 fully saturated rings. The number of fused-ring (bicyclic) bond motifs is 1. The first-order chi connectivity index (χ1) is 18.2. The zero-order valence-electron chi connectivity index (χ0n) is 20.6. The summed E-state index contributed by atoms with van der Waals surface area (Å²) in [5.41, 5.74) is 2.50. The molecule has 0 radical (unpaired) electrons. The lowest BCUT2D eigenvalue weighted by Crippen LogP contribution is -2.30. The van der Waals surface area contributed by atoms with Gasteiger partial charge in [0.1, 0.15) is 0 Å². The average Bonchev–Trinajstić information content (AvgIpc) is 2.91. The molecule has 0 saturated heterocycles. The van der Waals surface area contributed by atoms with Crippen LogP contribution in [0.5, 0.6) is 5.88 Å². The third kappa shape index (κ3) is 5.19. The number of sulfonamides is 1. The number of carbonyl (C=O) groups excluding carboxylic acids is 1. The van der Waals surface area contributed by atoms with Crippen LogP contribution in [0.2, 0.25) is 5.02 Å². The van der Waals surface area contributed by atoms with Crippen molar-refractivity contribution in [3.05, 3.63) is 99.3 Å². The van der Waals surface area contributed by atoms with Crippen molar-refractivity contribution in [3.63, 3.8) is 0 Å². The van der Waals surface area contributed by atoms with Gasteiger partial charge in [-0.1, -0.05) is 49.7 Å². The number of nitrogens with zero attached hydrogens (tertiary/aromatic N) is 3. The summed E-state index contributed by atoms with van der Waals surface area (Å²) in [5.74, 6) is -0.958. The van der Waals surface area contributed by atoms with Crippen LogP contribution in [0.3, 0.4) is 0 Å². The fourth-order valence-corrected chi connectivity index (χ4v) is 5.67. The van der Waals surface area contributed by atoms with Crippen LogP contribution in [-0.2, 0) is 10.0 Å². The largest absolute Gasteiger partial charge is 0.494 e. The first kappa shape index (κ1) is 27.1. The normalized spacial score (nSPS) is 11.9. The highest BCUT2D eigenvalue weighted by molar-refractivity contribution is 7.89. The molecule has 0 spiro atoms. The molecule has 38 heavy (non-hydrogen) atoms. The Morgan fingerprint density at radius 2 is 1.68 bits per heavy atom. The summed E-state index contributed by atoms with van der Waals surface area (Å²) in [4.78, 5) is 25.8. The maximum absolute atomic E-state index is 13.4. The van der Waals surface area contributed by atoms with Crippen LogP contribution >= 0.6 is 11.6 Å². The Morgan fingerprint density at radius 3 is 2.34 bits per heavy atom. The molecule has 1 amide bonds. The highest BCUT2D eigenvalue weighted by Crippen LogP contribution is 2.27. The van der Waals surface area contributed by atoms with Gasteiger partial charge in [0.05, 0.1) is 22.4 Å². The molecule has 196 valence electrons. The molecule has 9 nitrogen and oxygen atoms in total. The fourth-order valence-electron chi connectivity index (χ4n) is 4.05. The summed E-state index contributed by atoms with van der Waals surface area (Å²) in [7, 11) is -3.81. The van der Waals surface area contributed by atoms with E-state index in [4.69, 9.17) is 11.6 Å². The van der Waals surface area contributed by atoms with Gasteiger partial charge in [-0.2, -0.15) is 9.41 Å². The molecule has 0 aliphatic rings. The lowest BCUT2D eigenvalue weighted by atomic mass is 10.1. The van der Waals surface area contributed by atoms with Crippen molar-refractivity contribution in [2.24, 2.45) is 5.10 Å². The first-order valence-corrected chi connectivity index (χ1v) is 13.6. The number of rotatable bonds is 8. The summed E-state index contributed by atoms with van der Waals surface area (Å²) in [6.07, 6.45) is 1.23. The zero-order valence-corrected chi connectivity index (χ0v) is 22.2. The van der Waals surface area contributed by atoms with Crippen molar-refractivity contribution in [1.82, 2.24) is 14.3 Å². The monoisotopic (exact) mass is 552 g/mol. The Hall–Kier alpha value is -3.99. The Bertz CT molecular complexity index is 1700. The summed E-state index contributed by atoms with van der Waals surface area (Å²) in [5, 5.41) is 16.4. The van der Waals surface area contributed by atoms with Crippen LogP contribution in [0.4, 0.5) is 0 Å². The summed E-state index contributed by atoms with van der Waals surface area (Å²) in [6.45, 7) is 4.04. The molecule has 4 rings (SSSR count). The van der Waals surface area contributed by atoms with Crippen molar-refractivity contribution in [1.29, 1.82) is 0 Å². The zero-order chi connectivity index (χ0) is 27.4. The van der Waals surface area contributed by atoms with Crippen LogP contribution in [0.15, 0.2) is 87.6 Å². The lowest BCUT2D eigenvalue weighted by molar-refractivity contribution is 0.0955. The number of hydrogen-bond donors (Lipinski definition) is 2. The molecule has 0 saturated carbocycles. The van der Waals surface area contributed by atoms with Crippen LogP contribution in [-0.4, -0.2) is 47.6 Å². The van der Waals surface area contributed by atoms with E-state index in [1.807, 2.05) is 0 Å². The maximum atomic E-state index is 13.4. The molecule has 4 aromatic rings. The smallest absolute Gasteiger partial charge is 0.271 e. The van der Waals surface area contributed by atoms with E-state index in [2.05, 4.69) is 10.5 Å². The van der Waals surface area contributed by atoms with Gasteiger partial charge in [0.15, 0.2) is 0 Å². The summed E-state index contributed by atoms with van der Waals surface area (Å²) < 4.78 is 28.5. The molecule has 2 N–H and O–H groups in total. The number of halogens is 1. The molecular weight excluding hydrogens is 528 g/mol. The molecule has 1 heterocycles. The van der Waals surface area contributed by atoms with Gasteiger partial charge < -0.3 is 5.11 Å². The topological polar surface area (TPSA) is 121 Å². The number of amides is 1. The third-order valence-corrected chi connectivity index (χ3v) is 8.29. The van der Waals surface area contributed by atoms with Gasteiger partial charge in [-0.05, 0) is 48.5 Å². The van der Waals surface area contributed by atoms with Crippen molar-refractivity contribution in [2.45, 2.75) is 18.7 Å². The predicted octanol–water partition coefficient (Wildman–Crippen LogP) is 4.14. The van der Waals surface area contributed by atoms with Gasteiger partial charge in [0.2, 0.25) is 15.9 Å². The Morgan fingerprint density at radius 1 is 1.03 bits per heavy atom. The standard InChI is InChI=1S/C27H25ClN4O5S/c1-3-31(4-2)38(36,37)21-9-7-8-20(16-21)32-26(34)23-11-6-5-10-22(23)24(27(32)35)17-29-30-25(33)18-12-14-19(28)15-13-18/h5-17,35H,3-4H2,1-2H3,(H,30,33)/b29-17-. The first-order valence-electron chi connectivity index (χ1n) is 11.7. The van der Waals surface area contributed by atoms with Crippen molar-refractivity contribution >= 4 is 44.5 Å². The van der Waals surface area contributed by atoms with E-state index in [0.29, 0.717) is 16.0 Å². The SMILES string of the molecule is CCN(CC)S(=O)(=O)c1cccc(-n2c(O)c(/C=N\NC(=O)c3ccc(Cl)cc3)c3ccccc3c2=O)c1. The molecule has 0 atom stereocenters. The molecular formula is C27H25ClN4O5S. The molecule has 0 aliphatic heterocycles. The summed E-state index contributed by atoms with van der Waals surface area (Å²) in [6, 6.07) is 18.7. The molecule has 0 unspecified atom stereocenters. The molecule has 3 aromatic carbocycles. The Labute approximate surface area is 224 Å². The quantitative estimate of drug-likeness (QED) is 0.251. The second kappa shape index (κ2) is 11.2. The number of carbonyl (C=O) groups is 1. The molecule has 0 bridgehead atoms. The van der Waals surface area contributed by atoms with Crippen LogP contribution in [0.25, 0.3) is 16.5 Å². The third-order valence-electron chi connectivity index (χ3n) is 5.99. The van der Waals surface area contributed by atoms with Gasteiger partial charge in [0, 0.05) is 34.4 Å².